The number of amides is 1. The second kappa shape index (κ2) is 7.81. The highest BCUT2D eigenvalue weighted by Crippen LogP contribution is 2.23. The topological polar surface area (TPSA) is 82.3 Å². The van der Waals surface area contributed by atoms with Gasteiger partial charge >= 0.3 is 0 Å². The zero-order valence-electron chi connectivity index (χ0n) is 12.8. The van der Waals surface area contributed by atoms with Crippen LogP contribution in [0.5, 0.6) is 5.75 Å². The summed E-state index contributed by atoms with van der Waals surface area (Å²) in [5.74, 6) is 0.542. The van der Waals surface area contributed by atoms with Gasteiger partial charge in [-0.05, 0) is 44.2 Å². The van der Waals surface area contributed by atoms with E-state index in [2.05, 4.69) is 5.32 Å². The standard InChI is InChI=1S/C17H22N2O3/c1-12(22-16-8-3-2-6-14(16)10-18)17(21)19-11-13-5-4-7-15(20)9-13/h2-3,6,8,12-13,15,20H,4-5,7,9,11H2,1H3,(H,19,21). The molecule has 5 heteroatoms. The van der Waals surface area contributed by atoms with E-state index in [1.165, 1.54) is 0 Å². The number of hydrogen-bond donors (Lipinski definition) is 2. The van der Waals surface area contributed by atoms with Gasteiger partial charge in [-0.3, -0.25) is 4.79 Å². The van der Waals surface area contributed by atoms with E-state index in [0.29, 0.717) is 23.8 Å². The molecule has 0 aromatic heterocycles. The van der Waals surface area contributed by atoms with Gasteiger partial charge in [-0.15, -0.1) is 0 Å². The van der Waals surface area contributed by atoms with Crippen LogP contribution in [0.2, 0.25) is 0 Å². The molecule has 0 heterocycles. The van der Waals surface area contributed by atoms with E-state index in [1.807, 2.05) is 6.07 Å². The van der Waals surface area contributed by atoms with Crippen LogP contribution in [0.25, 0.3) is 0 Å². The van der Waals surface area contributed by atoms with Gasteiger partial charge in [0.05, 0.1) is 11.7 Å². The Morgan fingerprint density at radius 1 is 1.50 bits per heavy atom. The van der Waals surface area contributed by atoms with Crippen molar-refractivity contribution < 1.29 is 14.6 Å². The van der Waals surface area contributed by atoms with Crippen molar-refractivity contribution in [3.63, 3.8) is 0 Å². The number of nitriles is 1. The summed E-state index contributed by atoms with van der Waals surface area (Å²) in [6.07, 6.45) is 2.73. The summed E-state index contributed by atoms with van der Waals surface area (Å²) in [5, 5.41) is 21.5. The maximum atomic E-state index is 12.1. The number of rotatable bonds is 5. The van der Waals surface area contributed by atoms with E-state index < -0.39 is 6.10 Å². The van der Waals surface area contributed by atoms with E-state index in [-0.39, 0.29) is 12.0 Å². The summed E-state index contributed by atoms with van der Waals surface area (Å²) in [4.78, 5) is 12.1. The van der Waals surface area contributed by atoms with Gasteiger partial charge in [0.25, 0.3) is 5.91 Å². The fourth-order valence-electron chi connectivity index (χ4n) is 2.74. The van der Waals surface area contributed by atoms with Gasteiger partial charge in [0.1, 0.15) is 11.8 Å². The molecule has 0 bridgehead atoms. The fraction of sp³-hybridized carbons (Fsp3) is 0.529. The SMILES string of the molecule is CC(Oc1ccccc1C#N)C(=O)NCC1CCCC(O)C1. The lowest BCUT2D eigenvalue weighted by molar-refractivity contribution is -0.127. The molecule has 1 aromatic rings. The first-order chi connectivity index (χ1) is 10.6. The molecule has 1 fully saturated rings. The average molecular weight is 302 g/mol. The lowest BCUT2D eigenvalue weighted by Crippen LogP contribution is -2.40. The maximum Gasteiger partial charge on any atom is 0.260 e. The van der Waals surface area contributed by atoms with Crippen molar-refractivity contribution >= 4 is 5.91 Å². The summed E-state index contributed by atoms with van der Waals surface area (Å²) in [6.45, 7) is 2.22. The van der Waals surface area contributed by atoms with Crippen molar-refractivity contribution in [2.75, 3.05) is 6.54 Å². The number of aliphatic hydroxyl groups is 1. The molecular weight excluding hydrogens is 280 g/mol. The van der Waals surface area contributed by atoms with Crippen LogP contribution in [0.3, 0.4) is 0 Å². The molecule has 0 saturated heterocycles. The third-order valence-corrected chi connectivity index (χ3v) is 4.00. The third-order valence-electron chi connectivity index (χ3n) is 4.00. The van der Waals surface area contributed by atoms with Crippen LogP contribution in [0, 0.1) is 17.2 Å². The van der Waals surface area contributed by atoms with Crippen molar-refractivity contribution in [1.29, 1.82) is 5.26 Å². The van der Waals surface area contributed by atoms with E-state index in [4.69, 9.17) is 10.00 Å². The smallest absolute Gasteiger partial charge is 0.260 e. The summed E-state index contributed by atoms with van der Waals surface area (Å²) in [7, 11) is 0. The lowest BCUT2D eigenvalue weighted by Gasteiger charge is -2.26. The highest BCUT2D eigenvalue weighted by Gasteiger charge is 2.22. The number of carbonyl (C=O) groups is 1. The number of para-hydroxylation sites is 1. The van der Waals surface area contributed by atoms with Gasteiger partial charge < -0.3 is 15.2 Å². The molecule has 3 unspecified atom stereocenters. The van der Waals surface area contributed by atoms with Crippen molar-refractivity contribution in [2.24, 2.45) is 5.92 Å². The number of hydrogen-bond acceptors (Lipinski definition) is 4. The predicted molar refractivity (Wildman–Crippen MR) is 82.2 cm³/mol. The van der Waals surface area contributed by atoms with Crippen LogP contribution in [0.15, 0.2) is 24.3 Å². The van der Waals surface area contributed by atoms with Crippen molar-refractivity contribution in [3.8, 4) is 11.8 Å². The maximum absolute atomic E-state index is 12.1. The molecule has 22 heavy (non-hydrogen) atoms. The molecule has 118 valence electrons. The Morgan fingerprint density at radius 2 is 2.27 bits per heavy atom. The van der Waals surface area contributed by atoms with Crippen LogP contribution in [0.1, 0.15) is 38.2 Å². The first-order valence-corrected chi connectivity index (χ1v) is 7.71. The van der Waals surface area contributed by atoms with E-state index in [0.717, 1.165) is 25.7 Å². The Morgan fingerprint density at radius 3 is 3.00 bits per heavy atom. The number of nitrogens with one attached hydrogen (secondary N) is 1. The lowest BCUT2D eigenvalue weighted by atomic mass is 9.87. The molecule has 2 rings (SSSR count). The monoisotopic (exact) mass is 302 g/mol. The van der Waals surface area contributed by atoms with Gasteiger partial charge in [-0.2, -0.15) is 5.26 Å². The molecular formula is C17H22N2O3. The number of carbonyl (C=O) groups excluding carboxylic acids is 1. The summed E-state index contributed by atoms with van der Waals surface area (Å²) in [6, 6.07) is 8.90. The zero-order chi connectivity index (χ0) is 15.9. The van der Waals surface area contributed by atoms with Gasteiger partial charge in [0, 0.05) is 6.54 Å². The average Bonchev–Trinajstić information content (AvgIpc) is 2.53. The van der Waals surface area contributed by atoms with Crippen molar-refractivity contribution in [1.82, 2.24) is 5.32 Å². The molecule has 0 aliphatic heterocycles. The molecule has 1 aliphatic carbocycles. The molecule has 1 aromatic carbocycles. The number of ether oxygens (including phenoxy) is 1. The van der Waals surface area contributed by atoms with E-state index >= 15 is 0 Å². The molecule has 1 aliphatic rings. The summed E-state index contributed by atoms with van der Waals surface area (Å²) >= 11 is 0. The Kier molecular flexibility index (Phi) is 5.79. The van der Waals surface area contributed by atoms with Crippen LogP contribution < -0.4 is 10.1 Å². The largest absolute Gasteiger partial charge is 0.480 e. The highest BCUT2D eigenvalue weighted by molar-refractivity contribution is 5.80. The minimum Gasteiger partial charge on any atom is -0.480 e. The minimum atomic E-state index is -0.664. The number of aliphatic hydroxyl groups excluding tert-OH is 1. The molecule has 5 nitrogen and oxygen atoms in total. The molecule has 0 spiro atoms. The molecule has 2 N–H and O–H groups in total. The molecule has 1 amide bonds. The first kappa shape index (κ1) is 16.3. The van der Waals surface area contributed by atoms with Gasteiger partial charge in [-0.25, -0.2) is 0 Å². The predicted octanol–water partition coefficient (Wildman–Crippen LogP) is 1.99. The Labute approximate surface area is 130 Å². The fourth-order valence-corrected chi connectivity index (χ4v) is 2.74. The molecule has 1 saturated carbocycles. The van der Waals surface area contributed by atoms with E-state index in [9.17, 15) is 9.90 Å². The summed E-state index contributed by atoms with van der Waals surface area (Å²) in [5.41, 5.74) is 0.414. The Balaban J connectivity index is 1.83. The van der Waals surface area contributed by atoms with Crippen LogP contribution >= 0.6 is 0 Å². The van der Waals surface area contributed by atoms with E-state index in [1.54, 1.807) is 31.2 Å². The van der Waals surface area contributed by atoms with Gasteiger partial charge in [0.15, 0.2) is 6.10 Å². The molecule has 3 atom stereocenters. The second-order valence-electron chi connectivity index (χ2n) is 5.80. The summed E-state index contributed by atoms with van der Waals surface area (Å²) < 4.78 is 5.58. The van der Waals surface area contributed by atoms with Gasteiger partial charge in [0.2, 0.25) is 0 Å². The van der Waals surface area contributed by atoms with Gasteiger partial charge in [-0.1, -0.05) is 18.6 Å². The molecule has 0 radical (unpaired) electrons. The third kappa shape index (κ3) is 4.47. The first-order valence-electron chi connectivity index (χ1n) is 7.71. The zero-order valence-corrected chi connectivity index (χ0v) is 12.8. The highest BCUT2D eigenvalue weighted by atomic mass is 16.5. The Hall–Kier alpha value is -2.06. The van der Waals surface area contributed by atoms with Crippen molar-refractivity contribution in [3.05, 3.63) is 29.8 Å². The minimum absolute atomic E-state index is 0.201. The Bertz CT molecular complexity index is 553. The van der Waals surface area contributed by atoms with Crippen LogP contribution in [-0.4, -0.2) is 29.8 Å². The van der Waals surface area contributed by atoms with Crippen molar-refractivity contribution in [2.45, 2.75) is 44.8 Å². The van der Waals surface area contributed by atoms with Crippen LogP contribution in [-0.2, 0) is 4.79 Å². The normalized spacial score (nSPS) is 22.4. The number of benzene rings is 1. The second-order valence-corrected chi connectivity index (χ2v) is 5.80. The quantitative estimate of drug-likeness (QED) is 0.871. The number of nitrogens with zero attached hydrogens (tertiary/aromatic N) is 1. The van der Waals surface area contributed by atoms with Crippen LogP contribution in [0.4, 0.5) is 0 Å².